The molecule has 5 nitrogen and oxygen atoms in total. The summed E-state index contributed by atoms with van der Waals surface area (Å²) in [6.45, 7) is 8.24. The van der Waals surface area contributed by atoms with Crippen molar-refractivity contribution in [2.45, 2.75) is 27.3 Å². The molecular weight excluding hydrogens is 309 g/mol. The minimum absolute atomic E-state index is 0.143. The number of esters is 1. The third-order valence-corrected chi connectivity index (χ3v) is 4.40. The molecule has 1 saturated heterocycles. The molecule has 2 unspecified atom stereocenters. The summed E-state index contributed by atoms with van der Waals surface area (Å²) in [4.78, 5) is 18.5. The van der Waals surface area contributed by atoms with Gasteiger partial charge in [0, 0.05) is 19.6 Å². The Kier molecular flexibility index (Phi) is 6.17. The number of carbonyl (C=O) groups excluding carboxylic acids is 1. The Morgan fingerprint density at radius 1 is 1.46 bits per heavy atom. The molecule has 0 saturated carbocycles. The number of ether oxygens (including phenoxy) is 1. The third-order valence-electron chi connectivity index (χ3n) is 4.40. The van der Waals surface area contributed by atoms with E-state index in [0.717, 1.165) is 24.6 Å². The number of methoxy groups -OCH3 is 1. The van der Waals surface area contributed by atoms with Crippen LogP contribution in [-0.4, -0.2) is 43.6 Å². The minimum atomic E-state index is -0.215. The first kappa shape index (κ1) is 18.2. The molecule has 1 heterocycles. The van der Waals surface area contributed by atoms with E-state index in [1.165, 1.54) is 13.2 Å². The fraction of sp³-hybridized carbons (Fsp3) is 0.556. The van der Waals surface area contributed by atoms with Gasteiger partial charge in [0.1, 0.15) is 5.82 Å². The monoisotopic (exact) mass is 335 g/mol. The average molecular weight is 335 g/mol. The number of hydrogen-bond donors (Lipinski definition) is 1. The van der Waals surface area contributed by atoms with Crippen LogP contribution in [0.15, 0.2) is 23.2 Å². The number of guanidine groups is 1. The molecular formula is C18H26FN3O2. The summed E-state index contributed by atoms with van der Waals surface area (Å²) in [5.74, 6) is 0.417. The minimum Gasteiger partial charge on any atom is -0.469 e. The molecule has 1 aliphatic rings. The molecule has 6 heteroatoms. The molecule has 0 aliphatic carbocycles. The zero-order valence-electron chi connectivity index (χ0n) is 14.8. The summed E-state index contributed by atoms with van der Waals surface area (Å²) in [6.07, 6.45) is 0. The Morgan fingerprint density at radius 3 is 2.83 bits per heavy atom. The SMILES string of the molecule is CCNC(=NCc1ccc(C)c(F)c1)N1CC(C)C(C(=O)OC)C1. The van der Waals surface area contributed by atoms with Crippen molar-refractivity contribution in [1.29, 1.82) is 0 Å². The summed E-state index contributed by atoms with van der Waals surface area (Å²) >= 11 is 0. The predicted octanol–water partition coefficient (Wildman–Crippen LogP) is 2.34. The maximum atomic E-state index is 13.7. The van der Waals surface area contributed by atoms with E-state index < -0.39 is 0 Å². The van der Waals surface area contributed by atoms with Gasteiger partial charge in [-0.2, -0.15) is 0 Å². The van der Waals surface area contributed by atoms with Gasteiger partial charge in [-0.15, -0.1) is 0 Å². The number of nitrogens with zero attached hydrogens (tertiary/aromatic N) is 2. The second-order valence-corrected chi connectivity index (χ2v) is 6.27. The van der Waals surface area contributed by atoms with Crippen LogP contribution in [0.5, 0.6) is 0 Å². The smallest absolute Gasteiger partial charge is 0.310 e. The van der Waals surface area contributed by atoms with Gasteiger partial charge in [-0.3, -0.25) is 4.79 Å². The van der Waals surface area contributed by atoms with Crippen LogP contribution in [0.3, 0.4) is 0 Å². The van der Waals surface area contributed by atoms with Crippen LogP contribution in [0, 0.1) is 24.6 Å². The Labute approximate surface area is 142 Å². The van der Waals surface area contributed by atoms with E-state index >= 15 is 0 Å². The van der Waals surface area contributed by atoms with Crippen molar-refractivity contribution in [3.63, 3.8) is 0 Å². The Balaban J connectivity index is 2.11. The van der Waals surface area contributed by atoms with Crippen LogP contribution in [0.1, 0.15) is 25.0 Å². The molecule has 2 rings (SSSR count). The molecule has 2 atom stereocenters. The van der Waals surface area contributed by atoms with Crippen LogP contribution >= 0.6 is 0 Å². The summed E-state index contributed by atoms with van der Waals surface area (Å²) in [5.41, 5.74) is 1.45. The standard InChI is InChI=1S/C18H26FN3O2/c1-5-20-18(21-9-14-7-6-12(2)16(19)8-14)22-10-13(3)15(11-22)17(23)24-4/h6-8,13,15H,5,9-11H2,1-4H3,(H,20,21). The molecule has 0 aromatic heterocycles. The van der Waals surface area contributed by atoms with Crippen LogP contribution in [0.25, 0.3) is 0 Å². The van der Waals surface area contributed by atoms with Crippen molar-refractivity contribution in [3.8, 4) is 0 Å². The first-order chi connectivity index (χ1) is 11.5. The van der Waals surface area contributed by atoms with Crippen LogP contribution in [0.4, 0.5) is 4.39 Å². The number of aryl methyl sites for hydroxylation is 1. The van der Waals surface area contributed by atoms with Gasteiger partial charge in [0.25, 0.3) is 0 Å². The van der Waals surface area contributed by atoms with Crippen molar-refractivity contribution in [3.05, 3.63) is 35.1 Å². The second kappa shape index (κ2) is 8.13. The lowest BCUT2D eigenvalue weighted by atomic mass is 9.99. The molecule has 0 amide bonds. The van der Waals surface area contributed by atoms with Gasteiger partial charge in [0.2, 0.25) is 0 Å². The molecule has 1 fully saturated rings. The van der Waals surface area contributed by atoms with Crippen molar-refractivity contribution in [1.82, 2.24) is 10.2 Å². The lowest BCUT2D eigenvalue weighted by Crippen LogP contribution is -2.40. The molecule has 0 bridgehead atoms. The van der Waals surface area contributed by atoms with E-state index in [-0.39, 0.29) is 23.6 Å². The van der Waals surface area contributed by atoms with Gasteiger partial charge < -0.3 is 15.0 Å². The molecule has 24 heavy (non-hydrogen) atoms. The van der Waals surface area contributed by atoms with Gasteiger partial charge in [-0.05, 0) is 37.0 Å². The molecule has 0 spiro atoms. The summed E-state index contributed by atoms with van der Waals surface area (Å²) < 4.78 is 18.5. The van der Waals surface area contributed by atoms with Crippen LogP contribution in [0.2, 0.25) is 0 Å². The fourth-order valence-corrected chi connectivity index (χ4v) is 2.92. The molecule has 132 valence electrons. The van der Waals surface area contributed by atoms with E-state index in [0.29, 0.717) is 18.7 Å². The Morgan fingerprint density at radius 2 is 2.21 bits per heavy atom. The van der Waals surface area contributed by atoms with Gasteiger partial charge in [-0.1, -0.05) is 19.1 Å². The highest BCUT2D eigenvalue weighted by atomic mass is 19.1. The maximum absolute atomic E-state index is 13.7. The number of aliphatic imine (C=N–C) groups is 1. The fourth-order valence-electron chi connectivity index (χ4n) is 2.92. The number of carbonyl (C=O) groups is 1. The predicted molar refractivity (Wildman–Crippen MR) is 92.2 cm³/mol. The molecule has 1 aromatic carbocycles. The van der Waals surface area contributed by atoms with E-state index in [1.54, 1.807) is 13.0 Å². The molecule has 0 radical (unpaired) electrons. The first-order valence-corrected chi connectivity index (χ1v) is 8.32. The number of benzene rings is 1. The van der Waals surface area contributed by atoms with Gasteiger partial charge in [0.15, 0.2) is 5.96 Å². The largest absolute Gasteiger partial charge is 0.469 e. The van der Waals surface area contributed by atoms with Crippen LogP contribution < -0.4 is 5.32 Å². The third kappa shape index (κ3) is 4.24. The summed E-state index contributed by atoms with van der Waals surface area (Å²) in [7, 11) is 1.42. The zero-order chi connectivity index (χ0) is 17.7. The van der Waals surface area contributed by atoms with Crippen molar-refractivity contribution in [2.75, 3.05) is 26.7 Å². The Hall–Kier alpha value is -2.11. The lowest BCUT2D eigenvalue weighted by Gasteiger charge is -2.21. The number of nitrogens with one attached hydrogen (secondary N) is 1. The van der Waals surface area contributed by atoms with E-state index in [4.69, 9.17) is 4.74 Å². The summed E-state index contributed by atoms with van der Waals surface area (Å²) in [5, 5.41) is 3.25. The van der Waals surface area contributed by atoms with Crippen molar-refractivity contribution < 1.29 is 13.9 Å². The van der Waals surface area contributed by atoms with Crippen molar-refractivity contribution in [2.24, 2.45) is 16.8 Å². The van der Waals surface area contributed by atoms with E-state index in [2.05, 4.69) is 15.2 Å². The topological polar surface area (TPSA) is 53.9 Å². The number of rotatable bonds is 4. The Bertz CT molecular complexity index is 618. The normalized spacial score (nSPS) is 21.0. The molecule has 1 aromatic rings. The summed E-state index contributed by atoms with van der Waals surface area (Å²) in [6, 6.07) is 5.17. The van der Waals surface area contributed by atoms with Crippen LogP contribution in [-0.2, 0) is 16.1 Å². The highest BCUT2D eigenvalue weighted by Gasteiger charge is 2.36. The van der Waals surface area contributed by atoms with Gasteiger partial charge >= 0.3 is 5.97 Å². The van der Waals surface area contributed by atoms with E-state index in [1.807, 2.05) is 19.9 Å². The lowest BCUT2D eigenvalue weighted by molar-refractivity contribution is -0.145. The number of likely N-dealkylation sites (tertiary alicyclic amines) is 1. The molecule has 1 aliphatic heterocycles. The average Bonchev–Trinajstić information content (AvgIpc) is 2.95. The highest BCUT2D eigenvalue weighted by molar-refractivity contribution is 5.82. The van der Waals surface area contributed by atoms with E-state index in [9.17, 15) is 9.18 Å². The molecule has 1 N–H and O–H groups in total. The quantitative estimate of drug-likeness (QED) is 0.521. The van der Waals surface area contributed by atoms with Crippen molar-refractivity contribution >= 4 is 11.9 Å². The number of hydrogen-bond acceptors (Lipinski definition) is 3. The number of halogens is 1. The maximum Gasteiger partial charge on any atom is 0.310 e. The highest BCUT2D eigenvalue weighted by Crippen LogP contribution is 2.24. The zero-order valence-corrected chi connectivity index (χ0v) is 14.8. The van der Waals surface area contributed by atoms with Gasteiger partial charge in [-0.25, -0.2) is 9.38 Å². The van der Waals surface area contributed by atoms with Gasteiger partial charge in [0.05, 0.1) is 19.6 Å². The first-order valence-electron chi connectivity index (χ1n) is 8.32. The second-order valence-electron chi connectivity index (χ2n) is 6.27.